The van der Waals surface area contributed by atoms with Crippen LogP contribution in [0.3, 0.4) is 0 Å². The molecular weight excluding hydrogens is 793 g/mol. The molecule has 0 saturated carbocycles. The lowest BCUT2D eigenvalue weighted by molar-refractivity contribution is 1.25. The highest BCUT2D eigenvalue weighted by molar-refractivity contribution is 7.22. The summed E-state index contributed by atoms with van der Waals surface area (Å²) < 4.78 is 2.32. The van der Waals surface area contributed by atoms with E-state index in [9.17, 15) is 0 Å². The highest BCUT2D eigenvalue weighted by Gasteiger charge is 2.24. The molecule has 6 heteroatoms. The summed E-state index contributed by atoms with van der Waals surface area (Å²) in [6.45, 7) is 8.81. The van der Waals surface area contributed by atoms with Gasteiger partial charge < -0.3 is 0 Å². The Bertz CT molecular complexity index is 3140. The number of rotatable bonds is 8. The van der Waals surface area contributed by atoms with Crippen LogP contribution in [0, 0.1) is 27.7 Å². The van der Waals surface area contributed by atoms with Crippen molar-refractivity contribution < 1.29 is 0 Å². The second kappa shape index (κ2) is 15.4. The van der Waals surface area contributed by atoms with Crippen molar-refractivity contribution in [3.63, 3.8) is 0 Å². The van der Waals surface area contributed by atoms with Gasteiger partial charge in [0.25, 0.3) is 0 Å². The monoisotopic (exact) mass is 834 g/mol. The first kappa shape index (κ1) is 37.8. The van der Waals surface area contributed by atoms with Crippen molar-refractivity contribution in [2.24, 2.45) is 0 Å². The molecule has 0 spiro atoms. The predicted octanol–water partition coefficient (Wildman–Crippen LogP) is 16.7. The first-order valence-electron chi connectivity index (χ1n) is 21.0. The largest absolute Gasteiger partial charge is 0.286 e. The Morgan fingerprint density at radius 3 is 1.10 bits per heavy atom. The zero-order chi connectivity index (χ0) is 41.9. The highest BCUT2D eigenvalue weighted by atomic mass is 32.1. The number of thiazole rings is 2. The van der Waals surface area contributed by atoms with Gasteiger partial charge in [-0.3, -0.25) is 9.80 Å². The third kappa shape index (κ3) is 6.78. The predicted molar refractivity (Wildman–Crippen MR) is 267 cm³/mol. The number of aromatic nitrogens is 2. The second-order valence-electron chi connectivity index (χ2n) is 16.2. The van der Waals surface area contributed by atoms with E-state index in [1.54, 1.807) is 22.7 Å². The number of nitrogens with zero attached hydrogens (tertiary/aromatic N) is 4. The first-order chi connectivity index (χ1) is 30.3. The fourth-order valence-corrected chi connectivity index (χ4v) is 11.2. The van der Waals surface area contributed by atoms with Crippen LogP contribution in [-0.2, 0) is 0 Å². The SMILES string of the molecule is Cc1cc(C)cc(-c2c3ccc(N(c4ccccc4)c4nc5ccccc5s4)cc3c(-c3cc(C)cc(C)c3)c3ccc(N(c4ccccc4)c4nc5ccccc5s4)cc23)c1. The van der Waals surface area contributed by atoms with Crippen LogP contribution in [-0.4, -0.2) is 9.97 Å². The molecule has 0 N–H and O–H groups in total. The average molecular weight is 835 g/mol. The minimum absolute atomic E-state index is 0.931. The molecule has 0 radical (unpaired) electrons. The summed E-state index contributed by atoms with van der Waals surface area (Å²) in [5, 5.41) is 6.63. The molecule has 0 fully saturated rings. The maximum atomic E-state index is 5.21. The van der Waals surface area contributed by atoms with Crippen LogP contribution in [0.2, 0.25) is 0 Å². The number of hydrogen-bond donors (Lipinski definition) is 0. The summed E-state index contributed by atoms with van der Waals surface area (Å²) in [4.78, 5) is 15.0. The van der Waals surface area contributed by atoms with Crippen LogP contribution in [0.15, 0.2) is 182 Å². The fraction of sp³-hybridized carbons (Fsp3) is 0.0714. The molecule has 0 saturated heterocycles. The number of anilines is 6. The molecule has 0 unspecified atom stereocenters. The quantitative estimate of drug-likeness (QED) is 0.143. The van der Waals surface area contributed by atoms with Crippen molar-refractivity contribution in [1.82, 2.24) is 9.97 Å². The summed E-state index contributed by atoms with van der Waals surface area (Å²) in [6.07, 6.45) is 0. The normalized spacial score (nSPS) is 11.5. The number of benzene rings is 9. The molecule has 0 aliphatic carbocycles. The lowest BCUT2D eigenvalue weighted by Gasteiger charge is -2.26. The lowest BCUT2D eigenvalue weighted by atomic mass is 9.84. The van der Waals surface area contributed by atoms with Gasteiger partial charge in [-0.25, -0.2) is 9.97 Å². The van der Waals surface area contributed by atoms with E-state index in [-0.39, 0.29) is 0 Å². The molecule has 0 aliphatic rings. The van der Waals surface area contributed by atoms with Crippen molar-refractivity contribution in [3.8, 4) is 22.3 Å². The standard InChI is InChI=1S/C56H42N4S2/c1-35-27-36(2)30-39(29-35)53-45-25-23-44(60(42-17-9-6-10-18-42)56-58-50-20-12-14-22-52(50)62-56)34-48(45)54(40-31-37(3)28-38(4)32-40)46-26-24-43(33-47(46)53)59(41-15-7-5-8-16-41)55-57-49-19-11-13-21-51(49)61-55/h5-34H,1-4H3. The molecule has 2 heterocycles. The van der Waals surface area contributed by atoms with Crippen molar-refractivity contribution in [2.75, 3.05) is 9.80 Å². The Hall–Kier alpha value is -7.12. The number of para-hydroxylation sites is 4. The second-order valence-corrected chi connectivity index (χ2v) is 18.3. The molecule has 0 bridgehead atoms. The Morgan fingerprint density at radius 2 is 0.710 bits per heavy atom. The molecule has 9 aromatic carbocycles. The molecule has 0 atom stereocenters. The highest BCUT2D eigenvalue weighted by Crippen LogP contribution is 2.49. The molecule has 11 aromatic rings. The Balaban J connectivity index is 1.24. The van der Waals surface area contributed by atoms with Gasteiger partial charge in [0, 0.05) is 22.7 Å². The van der Waals surface area contributed by atoms with E-state index >= 15 is 0 Å². The van der Waals surface area contributed by atoms with Crippen LogP contribution in [0.1, 0.15) is 22.3 Å². The smallest absolute Gasteiger partial charge is 0.195 e. The van der Waals surface area contributed by atoms with E-state index in [4.69, 9.17) is 9.97 Å². The maximum absolute atomic E-state index is 5.21. The van der Waals surface area contributed by atoms with Gasteiger partial charge in [0.2, 0.25) is 0 Å². The Kier molecular flexibility index (Phi) is 9.41. The molecule has 11 rings (SSSR count). The molecule has 298 valence electrons. The summed E-state index contributed by atoms with van der Waals surface area (Å²) in [5.74, 6) is 0. The van der Waals surface area contributed by atoms with Gasteiger partial charge in [-0.1, -0.05) is 154 Å². The summed E-state index contributed by atoms with van der Waals surface area (Å²) >= 11 is 3.44. The fourth-order valence-electron chi connectivity index (χ4n) is 9.15. The Labute approximate surface area is 369 Å². The van der Waals surface area contributed by atoms with E-state index in [1.165, 1.54) is 66.1 Å². The number of hydrogen-bond acceptors (Lipinski definition) is 6. The third-order valence-corrected chi connectivity index (χ3v) is 13.6. The molecule has 0 amide bonds. The van der Waals surface area contributed by atoms with Gasteiger partial charge in [0.1, 0.15) is 0 Å². The van der Waals surface area contributed by atoms with Crippen molar-refractivity contribution in [3.05, 3.63) is 204 Å². The van der Waals surface area contributed by atoms with Gasteiger partial charge in [-0.05, 0) is 144 Å². The topological polar surface area (TPSA) is 32.3 Å². The van der Waals surface area contributed by atoms with Gasteiger partial charge in [-0.15, -0.1) is 0 Å². The minimum atomic E-state index is 0.931. The summed E-state index contributed by atoms with van der Waals surface area (Å²) in [6, 6.07) is 66.1. The number of fused-ring (bicyclic) bond motifs is 4. The van der Waals surface area contributed by atoms with E-state index in [2.05, 4.69) is 219 Å². The van der Waals surface area contributed by atoms with E-state index < -0.39 is 0 Å². The third-order valence-electron chi connectivity index (χ3n) is 11.6. The van der Waals surface area contributed by atoms with E-state index in [0.717, 1.165) is 53.4 Å². The lowest BCUT2D eigenvalue weighted by Crippen LogP contribution is -2.10. The van der Waals surface area contributed by atoms with Crippen LogP contribution >= 0.6 is 22.7 Å². The van der Waals surface area contributed by atoms with Gasteiger partial charge >= 0.3 is 0 Å². The molecule has 0 aliphatic heterocycles. The Morgan fingerprint density at radius 1 is 0.339 bits per heavy atom. The molecule has 62 heavy (non-hydrogen) atoms. The molecular formula is C56H42N4S2. The van der Waals surface area contributed by atoms with Gasteiger partial charge in [-0.2, -0.15) is 0 Å². The van der Waals surface area contributed by atoms with Crippen LogP contribution < -0.4 is 9.80 Å². The summed E-state index contributed by atoms with van der Waals surface area (Å²) in [5.41, 5.74) is 16.0. The maximum Gasteiger partial charge on any atom is 0.195 e. The summed E-state index contributed by atoms with van der Waals surface area (Å²) in [7, 11) is 0. The van der Waals surface area contributed by atoms with Crippen LogP contribution in [0.25, 0.3) is 64.2 Å². The van der Waals surface area contributed by atoms with Crippen LogP contribution in [0.5, 0.6) is 0 Å². The van der Waals surface area contributed by atoms with E-state index in [1.807, 2.05) is 0 Å². The van der Waals surface area contributed by atoms with Crippen molar-refractivity contribution in [1.29, 1.82) is 0 Å². The zero-order valence-electron chi connectivity index (χ0n) is 34.9. The van der Waals surface area contributed by atoms with Gasteiger partial charge in [0.05, 0.1) is 20.4 Å². The zero-order valence-corrected chi connectivity index (χ0v) is 36.6. The average Bonchev–Trinajstić information content (AvgIpc) is 3.90. The van der Waals surface area contributed by atoms with Crippen molar-refractivity contribution in [2.45, 2.75) is 27.7 Å². The minimum Gasteiger partial charge on any atom is -0.286 e. The first-order valence-corrected chi connectivity index (χ1v) is 22.6. The van der Waals surface area contributed by atoms with Gasteiger partial charge in [0.15, 0.2) is 10.3 Å². The number of aryl methyl sites for hydroxylation is 4. The van der Waals surface area contributed by atoms with E-state index in [0.29, 0.717) is 0 Å². The molecule has 4 nitrogen and oxygen atoms in total. The molecule has 2 aromatic heterocycles. The van der Waals surface area contributed by atoms with Crippen molar-refractivity contribution >= 4 is 97.7 Å². The van der Waals surface area contributed by atoms with Crippen LogP contribution in [0.4, 0.5) is 33.0 Å².